The van der Waals surface area contributed by atoms with Crippen LogP contribution in [0.4, 0.5) is 13.2 Å². The molecule has 0 radical (unpaired) electrons. The summed E-state index contributed by atoms with van der Waals surface area (Å²) in [4.78, 5) is 17.7. The van der Waals surface area contributed by atoms with Gasteiger partial charge in [0.05, 0.1) is 6.42 Å². The van der Waals surface area contributed by atoms with Crippen LogP contribution in [0.1, 0.15) is 67.1 Å². The van der Waals surface area contributed by atoms with Crippen molar-refractivity contribution in [2.24, 2.45) is 0 Å². The van der Waals surface area contributed by atoms with Gasteiger partial charge in [0.15, 0.2) is 0 Å². The number of likely N-dealkylation sites (tertiary alicyclic amines) is 1. The van der Waals surface area contributed by atoms with Crippen molar-refractivity contribution in [3.8, 4) is 0 Å². The summed E-state index contributed by atoms with van der Waals surface area (Å²) in [6.07, 6.45) is 6.98. The van der Waals surface area contributed by atoms with Crippen molar-refractivity contribution in [3.05, 3.63) is 64.5 Å². The summed E-state index contributed by atoms with van der Waals surface area (Å²) in [5.74, 6) is -2.62. The van der Waals surface area contributed by atoms with E-state index in [4.69, 9.17) is 4.98 Å². The molecule has 7 heteroatoms. The van der Waals surface area contributed by atoms with Crippen molar-refractivity contribution in [3.63, 3.8) is 0 Å². The molecule has 0 bridgehead atoms. The topological polar surface area (TPSA) is 53.4 Å². The van der Waals surface area contributed by atoms with Gasteiger partial charge in [-0.1, -0.05) is 6.07 Å². The van der Waals surface area contributed by atoms with E-state index in [9.17, 15) is 18.7 Å². The number of alkyl halides is 1. The van der Waals surface area contributed by atoms with Crippen molar-refractivity contribution in [1.82, 2.24) is 9.88 Å². The molecule has 2 heterocycles. The maximum atomic E-state index is 15.1. The first-order valence-corrected chi connectivity index (χ1v) is 11.4. The molecule has 1 aromatic carbocycles. The van der Waals surface area contributed by atoms with Gasteiger partial charge in [-0.3, -0.25) is 14.7 Å². The predicted molar refractivity (Wildman–Crippen MR) is 115 cm³/mol. The third kappa shape index (κ3) is 5.49. The van der Waals surface area contributed by atoms with E-state index in [0.717, 1.165) is 49.6 Å². The fraction of sp³-hybridized carbons (Fsp3) is 0.520. The number of carboxylic acids is 1. The lowest BCUT2D eigenvalue weighted by Gasteiger charge is -2.48. The second kappa shape index (κ2) is 9.61. The number of hydrogen-bond donors (Lipinski definition) is 1. The van der Waals surface area contributed by atoms with Crippen molar-refractivity contribution >= 4 is 5.97 Å². The number of rotatable bonds is 9. The average molecular weight is 447 g/mol. The minimum absolute atomic E-state index is 0.0696. The Bertz CT molecular complexity index is 955. The smallest absolute Gasteiger partial charge is 0.305 e. The Balaban J connectivity index is 1.28. The first kappa shape index (κ1) is 22.8. The molecule has 32 heavy (non-hydrogen) atoms. The number of pyridine rings is 1. The van der Waals surface area contributed by atoms with Crippen molar-refractivity contribution in [1.29, 1.82) is 0 Å². The molecule has 0 unspecified atom stereocenters. The second-order valence-electron chi connectivity index (χ2n) is 9.19. The fourth-order valence-electron chi connectivity index (χ4n) is 4.97. The molecule has 4 rings (SSSR count). The summed E-state index contributed by atoms with van der Waals surface area (Å²) >= 11 is 0. The number of aliphatic carboxylic acids is 1. The van der Waals surface area contributed by atoms with Crippen LogP contribution < -0.4 is 0 Å². The Morgan fingerprint density at radius 3 is 2.53 bits per heavy atom. The Morgan fingerprint density at radius 1 is 1.09 bits per heavy atom. The zero-order chi connectivity index (χ0) is 22.7. The molecule has 1 aliphatic heterocycles. The minimum atomic E-state index is -1.40. The van der Waals surface area contributed by atoms with E-state index in [1.165, 1.54) is 24.1 Å². The molecule has 0 saturated carbocycles. The average Bonchev–Trinajstić information content (AvgIpc) is 2.72. The van der Waals surface area contributed by atoms with Crippen LogP contribution in [0.3, 0.4) is 0 Å². The van der Waals surface area contributed by atoms with Crippen molar-refractivity contribution in [2.45, 2.75) is 69.5 Å². The first-order valence-electron chi connectivity index (χ1n) is 11.4. The van der Waals surface area contributed by atoms with Crippen LogP contribution in [0.25, 0.3) is 0 Å². The summed E-state index contributed by atoms with van der Waals surface area (Å²) in [5.41, 5.74) is 2.45. The number of carboxylic acid groups (broad SMARTS) is 1. The van der Waals surface area contributed by atoms with Gasteiger partial charge in [0, 0.05) is 36.6 Å². The van der Waals surface area contributed by atoms with Crippen LogP contribution in [0.2, 0.25) is 0 Å². The molecule has 1 fully saturated rings. The normalized spacial score (nSPS) is 18.6. The second-order valence-corrected chi connectivity index (χ2v) is 9.19. The maximum absolute atomic E-state index is 15.1. The monoisotopic (exact) mass is 446 g/mol. The Kier molecular flexibility index (Phi) is 6.84. The molecule has 1 N–H and O–H groups in total. The SMILES string of the molecule is O=C(O)C[C@@H](c1cc(F)cc(F)c1)N1CC(F)(CCCCc2ccc3c(n2)CCCC3)C1. The number of halogens is 3. The van der Waals surface area contributed by atoms with Gasteiger partial charge in [0.25, 0.3) is 0 Å². The van der Waals surface area contributed by atoms with Crippen LogP contribution in [-0.2, 0) is 24.1 Å². The van der Waals surface area contributed by atoms with E-state index in [0.29, 0.717) is 12.8 Å². The molecule has 1 aromatic heterocycles. The van der Waals surface area contributed by atoms with Crippen molar-refractivity contribution < 1.29 is 23.1 Å². The molecule has 4 nitrogen and oxygen atoms in total. The largest absolute Gasteiger partial charge is 0.481 e. The summed E-state index contributed by atoms with van der Waals surface area (Å²) in [6, 6.07) is 6.50. The van der Waals surface area contributed by atoms with E-state index < -0.39 is 29.3 Å². The molecule has 2 aromatic rings. The van der Waals surface area contributed by atoms with Gasteiger partial charge in [-0.25, -0.2) is 13.2 Å². The van der Waals surface area contributed by atoms with Crippen LogP contribution in [0.15, 0.2) is 30.3 Å². The Labute approximate surface area is 186 Å². The molecule has 0 spiro atoms. The van der Waals surface area contributed by atoms with Gasteiger partial charge < -0.3 is 5.11 Å². The number of carbonyl (C=O) groups is 1. The van der Waals surface area contributed by atoms with Crippen LogP contribution in [0, 0.1) is 11.6 Å². The standard InChI is InChI=1S/C25H29F3N2O2/c26-19-11-18(12-20(27)13-19)23(14-24(31)32)30-15-25(28,16-30)10-4-3-6-21-9-8-17-5-1-2-7-22(17)29-21/h8-9,11-13,23H,1-7,10,14-16H2,(H,31,32)/t23-/m0/s1. The van der Waals surface area contributed by atoms with Gasteiger partial charge in [-0.05, 0) is 80.7 Å². The number of benzene rings is 1. The highest BCUT2D eigenvalue weighted by Crippen LogP contribution is 2.39. The van der Waals surface area contributed by atoms with Gasteiger partial charge in [-0.15, -0.1) is 0 Å². The van der Waals surface area contributed by atoms with E-state index in [1.807, 2.05) is 0 Å². The Morgan fingerprint density at radius 2 is 1.81 bits per heavy atom. The number of hydrogen-bond acceptors (Lipinski definition) is 3. The Hall–Kier alpha value is -2.41. The molecule has 1 saturated heterocycles. The molecule has 172 valence electrons. The van der Waals surface area contributed by atoms with E-state index in [1.54, 1.807) is 4.90 Å². The highest BCUT2D eigenvalue weighted by atomic mass is 19.1. The lowest BCUT2D eigenvalue weighted by molar-refractivity contribution is -0.141. The minimum Gasteiger partial charge on any atom is -0.481 e. The lowest BCUT2D eigenvalue weighted by atomic mass is 9.86. The first-order chi connectivity index (χ1) is 15.3. The quantitative estimate of drug-likeness (QED) is 0.539. The maximum Gasteiger partial charge on any atom is 0.305 e. The third-order valence-electron chi connectivity index (χ3n) is 6.59. The summed E-state index contributed by atoms with van der Waals surface area (Å²) < 4.78 is 42.4. The number of aromatic nitrogens is 1. The summed E-state index contributed by atoms with van der Waals surface area (Å²) in [6.45, 7) is 0.139. The zero-order valence-corrected chi connectivity index (χ0v) is 18.1. The fourth-order valence-corrected chi connectivity index (χ4v) is 4.97. The van der Waals surface area contributed by atoms with Gasteiger partial charge in [0.1, 0.15) is 17.3 Å². The molecule has 1 atom stereocenters. The van der Waals surface area contributed by atoms with Gasteiger partial charge in [-0.2, -0.15) is 0 Å². The molecule has 0 amide bonds. The number of nitrogens with zero attached hydrogens (tertiary/aromatic N) is 2. The van der Waals surface area contributed by atoms with E-state index in [-0.39, 0.29) is 25.1 Å². The van der Waals surface area contributed by atoms with Gasteiger partial charge in [0.2, 0.25) is 0 Å². The van der Waals surface area contributed by atoms with Crippen molar-refractivity contribution in [2.75, 3.05) is 13.1 Å². The molecular formula is C25H29F3N2O2. The molecule has 2 aliphatic rings. The summed E-state index contributed by atoms with van der Waals surface area (Å²) in [5, 5.41) is 9.22. The number of unbranched alkanes of at least 4 members (excludes halogenated alkanes) is 1. The van der Waals surface area contributed by atoms with Crippen LogP contribution in [0.5, 0.6) is 0 Å². The van der Waals surface area contributed by atoms with E-state index in [2.05, 4.69) is 12.1 Å². The molecular weight excluding hydrogens is 417 g/mol. The predicted octanol–water partition coefficient (Wildman–Crippen LogP) is 5.19. The van der Waals surface area contributed by atoms with Crippen LogP contribution in [-0.4, -0.2) is 39.7 Å². The lowest BCUT2D eigenvalue weighted by Crippen LogP contribution is -2.60. The zero-order valence-electron chi connectivity index (χ0n) is 18.1. The molecule has 1 aliphatic carbocycles. The number of fused-ring (bicyclic) bond motifs is 1. The highest BCUT2D eigenvalue weighted by Gasteiger charge is 2.46. The van der Waals surface area contributed by atoms with E-state index >= 15 is 4.39 Å². The highest BCUT2D eigenvalue weighted by molar-refractivity contribution is 5.68. The third-order valence-corrected chi connectivity index (χ3v) is 6.59. The van der Waals surface area contributed by atoms with Gasteiger partial charge >= 0.3 is 5.97 Å². The number of aryl methyl sites for hydroxylation is 3. The van der Waals surface area contributed by atoms with Crippen LogP contribution >= 0.6 is 0 Å². The summed E-state index contributed by atoms with van der Waals surface area (Å²) in [7, 11) is 0.